The molecule has 0 saturated carbocycles. The Morgan fingerprint density at radius 2 is 1.90 bits per heavy atom. The zero-order chi connectivity index (χ0) is 21.0. The van der Waals surface area contributed by atoms with Crippen LogP contribution in [0.25, 0.3) is 10.2 Å². The van der Waals surface area contributed by atoms with E-state index in [0.717, 1.165) is 49.8 Å². The monoisotopic (exact) mass is 428 g/mol. The Kier molecular flexibility index (Phi) is 7.19. The predicted molar refractivity (Wildman–Crippen MR) is 124 cm³/mol. The van der Waals surface area contributed by atoms with Gasteiger partial charge in [-0.1, -0.05) is 29.0 Å². The van der Waals surface area contributed by atoms with Crippen molar-refractivity contribution >= 4 is 39.2 Å². The number of rotatable bonds is 7. The molecule has 6 heteroatoms. The lowest BCUT2D eigenvalue weighted by atomic mass is 9.97. The highest BCUT2D eigenvalue weighted by Crippen LogP contribution is 2.24. The number of aromatic nitrogens is 1. The van der Waals surface area contributed by atoms with E-state index in [4.69, 9.17) is 4.74 Å². The average molecular weight is 429 g/mol. The van der Waals surface area contributed by atoms with Crippen molar-refractivity contribution in [2.45, 2.75) is 40.7 Å². The summed E-state index contributed by atoms with van der Waals surface area (Å²) in [6.07, 6.45) is 2.42. The second kappa shape index (κ2) is 9.63. The Hall–Kier alpha value is -2.05. The maximum absolute atomic E-state index is 12.8. The van der Waals surface area contributed by atoms with E-state index in [1.807, 2.05) is 19.1 Å². The van der Waals surface area contributed by atoms with E-state index in [1.54, 1.807) is 23.1 Å². The SMILES string of the molecule is CCOc1ccc2c(c1)sc(=NC(=O)Cc1c(C)cc(C)cc1C)n2CCSC. The Labute approximate surface area is 180 Å². The third-order valence-electron chi connectivity index (χ3n) is 4.87. The summed E-state index contributed by atoms with van der Waals surface area (Å²) in [5, 5.41) is 0. The van der Waals surface area contributed by atoms with Crippen LogP contribution in [0, 0.1) is 20.8 Å². The van der Waals surface area contributed by atoms with Gasteiger partial charge in [0.05, 0.1) is 23.2 Å². The maximum atomic E-state index is 12.8. The van der Waals surface area contributed by atoms with Gasteiger partial charge in [-0.15, -0.1) is 0 Å². The van der Waals surface area contributed by atoms with Crippen molar-refractivity contribution in [3.63, 3.8) is 0 Å². The van der Waals surface area contributed by atoms with E-state index < -0.39 is 0 Å². The Balaban J connectivity index is 2.00. The number of carbonyl (C=O) groups is 1. The summed E-state index contributed by atoms with van der Waals surface area (Å²) in [4.78, 5) is 18.1. The van der Waals surface area contributed by atoms with Crippen LogP contribution in [0.1, 0.15) is 29.2 Å². The first-order valence-electron chi connectivity index (χ1n) is 9.82. The largest absolute Gasteiger partial charge is 0.494 e. The molecule has 0 radical (unpaired) electrons. The molecule has 1 aromatic heterocycles. The summed E-state index contributed by atoms with van der Waals surface area (Å²) >= 11 is 3.34. The highest BCUT2D eigenvalue weighted by Gasteiger charge is 2.12. The number of fused-ring (bicyclic) bond motifs is 1. The van der Waals surface area contributed by atoms with Gasteiger partial charge in [0.15, 0.2) is 4.80 Å². The number of amides is 1. The molecule has 0 aliphatic heterocycles. The molecule has 1 amide bonds. The highest BCUT2D eigenvalue weighted by molar-refractivity contribution is 7.98. The Morgan fingerprint density at radius 3 is 2.55 bits per heavy atom. The van der Waals surface area contributed by atoms with Gasteiger partial charge in [0.1, 0.15) is 5.75 Å². The number of nitrogens with zero attached hydrogens (tertiary/aromatic N) is 2. The zero-order valence-corrected chi connectivity index (χ0v) is 19.4. The number of hydrogen-bond acceptors (Lipinski definition) is 4. The second-order valence-electron chi connectivity index (χ2n) is 7.15. The van der Waals surface area contributed by atoms with Gasteiger partial charge in [0.2, 0.25) is 0 Å². The van der Waals surface area contributed by atoms with Gasteiger partial charge >= 0.3 is 0 Å². The van der Waals surface area contributed by atoms with Gasteiger partial charge in [0, 0.05) is 12.3 Å². The van der Waals surface area contributed by atoms with Crippen LogP contribution in [-0.4, -0.2) is 29.1 Å². The van der Waals surface area contributed by atoms with Crippen molar-refractivity contribution < 1.29 is 9.53 Å². The summed E-state index contributed by atoms with van der Waals surface area (Å²) in [5.41, 5.74) is 5.71. The van der Waals surface area contributed by atoms with Crippen LogP contribution in [0.15, 0.2) is 35.3 Å². The van der Waals surface area contributed by atoms with Crippen LogP contribution in [0.3, 0.4) is 0 Å². The molecule has 0 fully saturated rings. The summed E-state index contributed by atoms with van der Waals surface area (Å²) < 4.78 is 8.88. The van der Waals surface area contributed by atoms with Crippen molar-refractivity contribution in [3.05, 3.63) is 57.4 Å². The molecular weight excluding hydrogens is 400 g/mol. The standard InChI is InChI=1S/C23H28N2O2S2/c1-6-27-18-7-8-20-21(13-18)29-23(25(20)9-10-28-5)24-22(26)14-19-16(3)11-15(2)12-17(19)4/h7-8,11-13H,6,9-10,14H2,1-5H3. The molecule has 0 unspecified atom stereocenters. The van der Waals surface area contributed by atoms with Gasteiger partial charge < -0.3 is 9.30 Å². The van der Waals surface area contributed by atoms with E-state index in [9.17, 15) is 4.79 Å². The lowest BCUT2D eigenvalue weighted by Crippen LogP contribution is -2.19. The molecule has 154 valence electrons. The smallest absolute Gasteiger partial charge is 0.252 e. The number of ether oxygens (including phenoxy) is 1. The Bertz CT molecular complexity index is 1070. The molecule has 0 N–H and O–H groups in total. The van der Waals surface area contributed by atoms with Crippen molar-refractivity contribution in [1.29, 1.82) is 0 Å². The minimum atomic E-state index is -0.102. The van der Waals surface area contributed by atoms with E-state index in [-0.39, 0.29) is 5.91 Å². The third-order valence-corrected chi connectivity index (χ3v) is 6.50. The minimum absolute atomic E-state index is 0.102. The summed E-state index contributed by atoms with van der Waals surface area (Å²) in [7, 11) is 0. The van der Waals surface area contributed by atoms with Crippen LogP contribution in [0.4, 0.5) is 0 Å². The first-order valence-corrected chi connectivity index (χ1v) is 12.0. The molecule has 0 saturated heterocycles. The molecule has 29 heavy (non-hydrogen) atoms. The highest BCUT2D eigenvalue weighted by atomic mass is 32.2. The topological polar surface area (TPSA) is 43.6 Å². The molecule has 3 aromatic rings. The van der Waals surface area contributed by atoms with Crippen LogP contribution in [0.5, 0.6) is 5.75 Å². The molecule has 0 aliphatic carbocycles. The lowest BCUT2D eigenvalue weighted by molar-refractivity contribution is -0.117. The second-order valence-corrected chi connectivity index (χ2v) is 9.15. The quantitative estimate of drug-likeness (QED) is 0.528. The molecule has 0 atom stereocenters. The van der Waals surface area contributed by atoms with Gasteiger partial charge in [-0.3, -0.25) is 4.79 Å². The number of benzene rings is 2. The number of thiazole rings is 1. The fourth-order valence-electron chi connectivity index (χ4n) is 3.58. The average Bonchev–Trinajstić information content (AvgIpc) is 2.99. The minimum Gasteiger partial charge on any atom is -0.494 e. The molecule has 2 aromatic carbocycles. The van der Waals surface area contributed by atoms with Crippen molar-refractivity contribution in [1.82, 2.24) is 4.57 Å². The first-order chi connectivity index (χ1) is 13.9. The number of aryl methyl sites for hydroxylation is 4. The predicted octanol–water partition coefficient (Wildman–Crippen LogP) is 5.06. The molecule has 0 aliphatic rings. The first kappa shape index (κ1) is 21.7. The van der Waals surface area contributed by atoms with Gasteiger partial charge in [-0.05, 0) is 68.8 Å². The zero-order valence-electron chi connectivity index (χ0n) is 17.7. The van der Waals surface area contributed by atoms with Gasteiger partial charge in [-0.2, -0.15) is 16.8 Å². The Morgan fingerprint density at radius 1 is 1.17 bits per heavy atom. The van der Waals surface area contributed by atoms with Gasteiger partial charge in [0.25, 0.3) is 5.91 Å². The summed E-state index contributed by atoms with van der Waals surface area (Å²) in [6, 6.07) is 10.3. The van der Waals surface area contributed by atoms with Crippen LogP contribution in [0.2, 0.25) is 0 Å². The summed E-state index contributed by atoms with van der Waals surface area (Å²) in [6.45, 7) is 9.65. The molecular formula is C23H28N2O2S2. The molecule has 4 nitrogen and oxygen atoms in total. The van der Waals surface area contributed by atoms with Crippen LogP contribution in [-0.2, 0) is 17.8 Å². The fraction of sp³-hybridized carbons (Fsp3) is 0.391. The fourth-order valence-corrected chi connectivity index (χ4v) is 5.05. The number of hydrogen-bond donors (Lipinski definition) is 0. The van der Waals surface area contributed by atoms with Crippen molar-refractivity contribution in [2.24, 2.45) is 4.99 Å². The van der Waals surface area contributed by atoms with Crippen molar-refractivity contribution in [2.75, 3.05) is 18.6 Å². The van der Waals surface area contributed by atoms with E-state index in [1.165, 1.54) is 5.56 Å². The molecule has 0 spiro atoms. The van der Waals surface area contributed by atoms with E-state index in [0.29, 0.717) is 13.0 Å². The number of thioether (sulfide) groups is 1. The maximum Gasteiger partial charge on any atom is 0.252 e. The normalized spacial score (nSPS) is 12.0. The van der Waals surface area contributed by atoms with Crippen LogP contribution < -0.4 is 9.54 Å². The number of carbonyl (C=O) groups excluding carboxylic acids is 1. The molecule has 0 bridgehead atoms. The third kappa shape index (κ3) is 5.11. The summed E-state index contributed by atoms with van der Waals surface area (Å²) in [5.74, 6) is 1.72. The van der Waals surface area contributed by atoms with E-state index in [2.05, 4.69) is 54.8 Å². The lowest BCUT2D eigenvalue weighted by Gasteiger charge is -2.09. The van der Waals surface area contributed by atoms with Crippen LogP contribution >= 0.6 is 23.1 Å². The van der Waals surface area contributed by atoms with Gasteiger partial charge in [-0.25, -0.2) is 0 Å². The van der Waals surface area contributed by atoms with Crippen molar-refractivity contribution in [3.8, 4) is 5.75 Å². The molecule has 1 heterocycles. The van der Waals surface area contributed by atoms with E-state index >= 15 is 0 Å². The molecule has 3 rings (SSSR count).